The van der Waals surface area contributed by atoms with E-state index in [0.29, 0.717) is 0 Å². The van der Waals surface area contributed by atoms with Gasteiger partial charge in [0.15, 0.2) is 0 Å². The van der Waals surface area contributed by atoms with Crippen LogP contribution in [0.25, 0.3) is 10.9 Å². The number of rotatable bonds is 11. The van der Waals surface area contributed by atoms with Crippen molar-refractivity contribution in [1.29, 1.82) is 0 Å². The normalized spacial score (nSPS) is 23.0. The second-order valence-corrected chi connectivity index (χ2v) is 16.9. The molecule has 0 atom stereocenters. The van der Waals surface area contributed by atoms with Gasteiger partial charge >= 0.3 is 0 Å². The summed E-state index contributed by atoms with van der Waals surface area (Å²) < 4.78 is 0. The number of aliphatic hydroxyl groups is 1. The van der Waals surface area contributed by atoms with Crippen LogP contribution in [-0.2, 0) is 12.8 Å². The van der Waals surface area contributed by atoms with E-state index in [1.165, 1.54) is 34.6 Å². The lowest BCUT2D eigenvalue weighted by atomic mass is 9.69. The molecule has 0 amide bonds. The molecule has 4 rings (SSSR count). The summed E-state index contributed by atoms with van der Waals surface area (Å²) in [6.07, 6.45) is 8.00. The largest absolute Gasteiger partial charge is 0.390 e. The first kappa shape index (κ1) is 27.2. The molecule has 0 unspecified atom stereocenters. The molecule has 4 heteroatoms. The second-order valence-electron chi connectivity index (χ2n) is 11.7. The van der Waals surface area contributed by atoms with Gasteiger partial charge in [-0.15, -0.1) is 0 Å². The Hall–Kier alpha value is -1.88. The number of nitrogens with one attached hydrogen (secondary N) is 1. The average molecular weight is 505 g/mol. The number of H-pyrrole nitrogens is 1. The van der Waals surface area contributed by atoms with Crippen LogP contribution in [0.5, 0.6) is 0 Å². The zero-order chi connectivity index (χ0) is 25.8. The molecule has 3 aromatic rings. The summed E-state index contributed by atoms with van der Waals surface area (Å²) in [5.41, 5.74) is 3.86. The van der Waals surface area contributed by atoms with Gasteiger partial charge in [-0.3, -0.25) is 0 Å². The number of fused-ring (bicyclic) bond motifs is 1. The Balaban J connectivity index is 1.47. The fraction of sp³-hybridized carbons (Fsp3) is 0.562. The minimum atomic E-state index is -1.52. The highest BCUT2D eigenvalue weighted by molar-refractivity contribution is 6.91. The summed E-state index contributed by atoms with van der Waals surface area (Å²) in [7, 11) is 2.92. The van der Waals surface area contributed by atoms with Gasteiger partial charge in [0.1, 0.15) is 8.07 Å². The van der Waals surface area contributed by atoms with E-state index in [2.05, 4.69) is 99.3 Å². The molecule has 36 heavy (non-hydrogen) atoms. The van der Waals surface area contributed by atoms with Crippen LogP contribution in [0.3, 0.4) is 0 Å². The van der Waals surface area contributed by atoms with E-state index in [4.69, 9.17) is 0 Å². The van der Waals surface area contributed by atoms with Crippen LogP contribution in [0.1, 0.15) is 70.4 Å². The van der Waals surface area contributed by atoms with Gasteiger partial charge in [-0.2, -0.15) is 0 Å². The van der Waals surface area contributed by atoms with Crippen LogP contribution in [0.4, 0.5) is 0 Å². The Morgan fingerprint density at radius 1 is 0.861 bits per heavy atom. The molecule has 1 aliphatic carbocycles. The summed E-state index contributed by atoms with van der Waals surface area (Å²) >= 11 is 0. The smallest absolute Gasteiger partial charge is 0.107 e. The fourth-order valence-electron chi connectivity index (χ4n) is 6.98. The second kappa shape index (κ2) is 11.2. The molecule has 3 nitrogen and oxygen atoms in total. The van der Waals surface area contributed by atoms with Crippen LogP contribution in [0.15, 0.2) is 54.6 Å². The van der Waals surface area contributed by atoms with Crippen molar-refractivity contribution in [3.63, 3.8) is 0 Å². The lowest BCUT2D eigenvalue weighted by Crippen LogP contribution is -2.52. The number of benzene rings is 2. The number of hydrogen-bond donors (Lipinski definition) is 2. The predicted octanol–water partition coefficient (Wildman–Crippen LogP) is 7.05. The third-order valence-electron chi connectivity index (χ3n) is 9.88. The van der Waals surface area contributed by atoms with Gasteiger partial charge < -0.3 is 15.0 Å². The number of likely N-dealkylation sites (N-methyl/N-ethyl adjacent to an activating group) is 1. The topological polar surface area (TPSA) is 39.3 Å². The standard InChI is InChI=1S/C32H48N2OSi/c1-6-36(7-2,8-3)30-28(27-17-12-13-19-29(27)33-30)18-14-20-32(35)23-21-31(22-24-32,34(4)5)25-26-15-10-9-11-16-26/h9-13,15-17,19,33,35H,6-8,14,18,20-25H2,1-5H3. The number of nitrogens with zero attached hydrogens (tertiary/aromatic N) is 1. The Morgan fingerprint density at radius 2 is 1.47 bits per heavy atom. The molecule has 0 saturated heterocycles. The van der Waals surface area contributed by atoms with Gasteiger partial charge in [-0.1, -0.05) is 87.4 Å². The Labute approximate surface area is 220 Å². The van der Waals surface area contributed by atoms with E-state index in [9.17, 15) is 5.11 Å². The molecule has 1 heterocycles. The summed E-state index contributed by atoms with van der Waals surface area (Å²) in [5, 5.41) is 14.6. The summed E-state index contributed by atoms with van der Waals surface area (Å²) in [6, 6.07) is 23.6. The van der Waals surface area contributed by atoms with Crippen molar-refractivity contribution in [2.45, 2.75) is 101 Å². The molecule has 0 spiro atoms. The highest BCUT2D eigenvalue weighted by Crippen LogP contribution is 2.42. The summed E-state index contributed by atoms with van der Waals surface area (Å²) in [5.74, 6) is 0. The number of hydrogen-bond acceptors (Lipinski definition) is 2. The highest BCUT2D eigenvalue weighted by Gasteiger charge is 2.43. The fourth-order valence-corrected chi connectivity index (χ4v) is 10.8. The van der Waals surface area contributed by atoms with E-state index in [1.807, 2.05) is 0 Å². The van der Waals surface area contributed by atoms with Gasteiger partial charge in [-0.05, 0) is 82.7 Å². The number of aryl methyl sites for hydroxylation is 1. The van der Waals surface area contributed by atoms with Crippen molar-refractivity contribution in [2.75, 3.05) is 14.1 Å². The molecular formula is C32H48N2OSi. The zero-order valence-corrected chi connectivity index (χ0v) is 24.4. The van der Waals surface area contributed by atoms with Crippen LogP contribution >= 0.6 is 0 Å². The van der Waals surface area contributed by atoms with E-state index in [-0.39, 0.29) is 5.54 Å². The van der Waals surface area contributed by atoms with Crippen LogP contribution < -0.4 is 5.32 Å². The van der Waals surface area contributed by atoms with Crippen LogP contribution in [-0.4, -0.2) is 48.3 Å². The average Bonchev–Trinajstić information content (AvgIpc) is 3.27. The highest BCUT2D eigenvalue weighted by atomic mass is 28.3. The molecule has 196 valence electrons. The molecule has 2 aromatic carbocycles. The van der Waals surface area contributed by atoms with Crippen LogP contribution in [0, 0.1) is 0 Å². The third-order valence-corrected chi connectivity index (χ3v) is 15.4. The quantitative estimate of drug-likeness (QED) is 0.275. The zero-order valence-electron chi connectivity index (χ0n) is 23.4. The molecular weight excluding hydrogens is 456 g/mol. The van der Waals surface area contributed by atoms with Gasteiger partial charge in [-0.25, -0.2) is 0 Å². The number of aromatic nitrogens is 1. The van der Waals surface area contributed by atoms with Gasteiger partial charge in [0.2, 0.25) is 0 Å². The first-order chi connectivity index (χ1) is 17.3. The first-order valence-corrected chi connectivity index (χ1v) is 17.0. The molecule has 1 aromatic heterocycles. The lowest BCUT2D eigenvalue weighted by molar-refractivity contribution is -0.0502. The van der Waals surface area contributed by atoms with Crippen molar-refractivity contribution in [3.8, 4) is 0 Å². The predicted molar refractivity (Wildman–Crippen MR) is 158 cm³/mol. The van der Waals surface area contributed by atoms with Crippen molar-refractivity contribution in [2.24, 2.45) is 0 Å². The summed E-state index contributed by atoms with van der Waals surface area (Å²) in [4.78, 5) is 6.31. The minimum absolute atomic E-state index is 0.145. The molecule has 1 saturated carbocycles. The van der Waals surface area contributed by atoms with Crippen molar-refractivity contribution in [3.05, 3.63) is 65.7 Å². The van der Waals surface area contributed by atoms with Gasteiger partial charge in [0.25, 0.3) is 0 Å². The molecule has 0 bridgehead atoms. The Bertz CT molecular complexity index is 1100. The minimum Gasteiger partial charge on any atom is -0.390 e. The molecule has 1 fully saturated rings. The van der Waals surface area contributed by atoms with Crippen molar-refractivity contribution in [1.82, 2.24) is 9.88 Å². The van der Waals surface area contributed by atoms with E-state index in [0.717, 1.165) is 51.4 Å². The Kier molecular flexibility index (Phi) is 8.48. The Morgan fingerprint density at radius 3 is 2.08 bits per heavy atom. The van der Waals surface area contributed by atoms with E-state index in [1.54, 1.807) is 10.9 Å². The molecule has 0 radical (unpaired) electrons. The maximum absolute atomic E-state index is 11.6. The monoisotopic (exact) mass is 504 g/mol. The molecule has 0 aliphatic heterocycles. The van der Waals surface area contributed by atoms with Crippen LogP contribution in [0.2, 0.25) is 18.1 Å². The van der Waals surface area contributed by atoms with Crippen molar-refractivity contribution >= 4 is 24.3 Å². The van der Waals surface area contributed by atoms with E-state index >= 15 is 0 Å². The maximum Gasteiger partial charge on any atom is 0.107 e. The summed E-state index contributed by atoms with van der Waals surface area (Å²) in [6.45, 7) is 7.18. The lowest BCUT2D eigenvalue weighted by Gasteiger charge is -2.48. The molecule has 1 aliphatic rings. The SMILES string of the molecule is CC[Si](CC)(CC)c1[nH]c2ccccc2c1CCCC1(O)CCC(Cc2ccccc2)(N(C)C)CC1. The number of para-hydroxylation sites is 1. The van der Waals surface area contributed by atoms with E-state index < -0.39 is 13.7 Å². The number of aromatic amines is 1. The first-order valence-electron chi connectivity index (χ1n) is 14.3. The van der Waals surface area contributed by atoms with Crippen molar-refractivity contribution < 1.29 is 5.11 Å². The maximum atomic E-state index is 11.6. The van der Waals surface area contributed by atoms with Gasteiger partial charge in [0, 0.05) is 21.8 Å². The third kappa shape index (κ3) is 5.37. The van der Waals surface area contributed by atoms with Gasteiger partial charge in [0.05, 0.1) is 5.60 Å². The molecule has 2 N–H and O–H groups in total.